The Morgan fingerprint density at radius 2 is 1.70 bits per heavy atom. The zero-order valence-electron chi connectivity index (χ0n) is 15.7. The molecule has 3 aromatic carbocycles. The van der Waals surface area contributed by atoms with Gasteiger partial charge in [0.2, 0.25) is 0 Å². The molecule has 1 heterocycles. The van der Waals surface area contributed by atoms with E-state index in [1.165, 1.54) is 0 Å². The van der Waals surface area contributed by atoms with Gasteiger partial charge in [-0.1, -0.05) is 38.1 Å². The molecule has 138 valence electrons. The number of carbonyl (C=O) groups excluding carboxylic acids is 1. The fraction of sp³-hybridized carbons (Fsp3) is 0.182. The second-order valence-electron chi connectivity index (χ2n) is 5.80. The molecule has 0 saturated heterocycles. The Kier molecular flexibility index (Phi) is 5.71. The van der Waals surface area contributed by atoms with Gasteiger partial charge in [-0.3, -0.25) is 0 Å². The van der Waals surface area contributed by atoms with Gasteiger partial charge in [-0.25, -0.2) is 9.78 Å². The molecule has 2 N–H and O–H groups in total. The van der Waals surface area contributed by atoms with Crippen LogP contribution >= 0.6 is 0 Å². The second kappa shape index (κ2) is 8.36. The Labute approximate surface area is 158 Å². The third-order valence-electron chi connectivity index (χ3n) is 4.15. The van der Waals surface area contributed by atoms with E-state index in [0.717, 1.165) is 27.5 Å². The molecule has 0 atom stereocenters. The second-order valence-corrected chi connectivity index (χ2v) is 5.80. The molecule has 0 fully saturated rings. The Bertz CT molecular complexity index is 1000. The number of benzene rings is 3. The highest BCUT2D eigenvalue weighted by atomic mass is 16.5. The largest absolute Gasteiger partial charge is 0.454 e. The number of H-pyrrole nitrogens is 1. The minimum Gasteiger partial charge on any atom is -0.454 e. The number of hydrogen-bond donors (Lipinski definition) is 2. The molecule has 0 amide bonds. The number of esters is 1. The van der Waals surface area contributed by atoms with E-state index in [4.69, 9.17) is 4.74 Å². The summed E-state index contributed by atoms with van der Waals surface area (Å²) in [6.07, 6.45) is 0. The van der Waals surface area contributed by atoms with Crippen molar-refractivity contribution in [2.24, 2.45) is 0 Å². The summed E-state index contributed by atoms with van der Waals surface area (Å²) in [5.41, 5.74) is 3.26. The number of aromatic amines is 1. The van der Waals surface area contributed by atoms with Crippen LogP contribution < -0.4 is 5.32 Å². The van der Waals surface area contributed by atoms with E-state index in [0.29, 0.717) is 11.4 Å². The smallest absolute Gasteiger partial charge is 0.338 e. The maximum Gasteiger partial charge on any atom is 0.338 e. The lowest BCUT2D eigenvalue weighted by molar-refractivity contribution is 0.0463. The SMILES string of the molecule is CC.CNc1ccc(C(=O)OCc2nc3cc4ccccc4cc3[nH]2)cc1. The minimum absolute atomic E-state index is 0.109. The molecule has 27 heavy (non-hydrogen) atoms. The summed E-state index contributed by atoms with van der Waals surface area (Å²) < 4.78 is 5.36. The number of carbonyl (C=O) groups is 1. The van der Waals surface area contributed by atoms with Crippen LogP contribution in [0.1, 0.15) is 30.0 Å². The van der Waals surface area contributed by atoms with Gasteiger partial charge in [0.15, 0.2) is 0 Å². The third-order valence-corrected chi connectivity index (χ3v) is 4.15. The molecule has 0 radical (unpaired) electrons. The maximum atomic E-state index is 12.1. The Balaban J connectivity index is 0.00000102. The van der Waals surface area contributed by atoms with E-state index in [-0.39, 0.29) is 12.6 Å². The molecule has 5 nitrogen and oxygen atoms in total. The van der Waals surface area contributed by atoms with Crippen molar-refractivity contribution < 1.29 is 9.53 Å². The standard InChI is InChI=1S/C20H17N3O2.C2H6/c1-21-16-8-6-13(7-9-16)20(24)25-12-19-22-17-10-14-4-2-3-5-15(14)11-18(17)23-19;1-2/h2-11,21H,12H2,1H3,(H,22,23);1-2H3. The average Bonchev–Trinajstić information content (AvgIpc) is 3.13. The Morgan fingerprint density at radius 3 is 2.37 bits per heavy atom. The molecular formula is C22H23N3O2. The zero-order valence-corrected chi connectivity index (χ0v) is 15.7. The summed E-state index contributed by atoms with van der Waals surface area (Å²) in [7, 11) is 1.83. The van der Waals surface area contributed by atoms with Crippen molar-refractivity contribution in [3.63, 3.8) is 0 Å². The normalized spacial score (nSPS) is 10.3. The van der Waals surface area contributed by atoms with Crippen LogP contribution in [0.3, 0.4) is 0 Å². The van der Waals surface area contributed by atoms with Crippen molar-refractivity contribution in [3.05, 3.63) is 72.1 Å². The number of aromatic nitrogens is 2. The Morgan fingerprint density at radius 1 is 1.04 bits per heavy atom. The van der Waals surface area contributed by atoms with Crippen LogP contribution in [-0.2, 0) is 11.3 Å². The van der Waals surface area contributed by atoms with Crippen LogP contribution in [0.2, 0.25) is 0 Å². The molecule has 0 aliphatic heterocycles. The number of fused-ring (bicyclic) bond motifs is 2. The van der Waals surface area contributed by atoms with Crippen molar-refractivity contribution in [2.75, 3.05) is 12.4 Å². The number of nitrogens with one attached hydrogen (secondary N) is 2. The number of ether oxygens (including phenoxy) is 1. The Hall–Kier alpha value is -3.34. The number of nitrogens with zero attached hydrogens (tertiary/aromatic N) is 1. The first-order valence-electron chi connectivity index (χ1n) is 9.05. The molecule has 5 heteroatoms. The highest BCUT2D eigenvalue weighted by molar-refractivity contribution is 5.95. The molecule has 4 rings (SSSR count). The first kappa shape index (κ1) is 18.5. The highest BCUT2D eigenvalue weighted by Crippen LogP contribution is 2.21. The fourth-order valence-electron chi connectivity index (χ4n) is 2.81. The quantitative estimate of drug-likeness (QED) is 0.494. The van der Waals surface area contributed by atoms with E-state index >= 15 is 0 Å². The summed E-state index contributed by atoms with van der Waals surface area (Å²) in [5, 5.41) is 5.29. The van der Waals surface area contributed by atoms with E-state index < -0.39 is 0 Å². The molecule has 4 aromatic rings. The molecule has 0 unspecified atom stereocenters. The van der Waals surface area contributed by atoms with Gasteiger partial charge < -0.3 is 15.0 Å². The van der Waals surface area contributed by atoms with E-state index in [9.17, 15) is 4.79 Å². The van der Waals surface area contributed by atoms with Crippen molar-refractivity contribution in [2.45, 2.75) is 20.5 Å². The lowest BCUT2D eigenvalue weighted by Gasteiger charge is -2.04. The van der Waals surface area contributed by atoms with Gasteiger partial charge in [0.05, 0.1) is 16.6 Å². The summed E-state index contributed by atoms with van der Waals surface area (Å²) in [5.74, 6) is 0.263. The van der Waals surface area contributed by atoms with Crippen LogP contribution in [0.15, 0.2) is 60.7 Å². The maximum absolute atomic E-state index is 12.1. The van der Waals surface area contributed by atoms with Gasteiger partial charge in [0.1, 0.15) is 12.4 Å². The summed E-state index contributed by atoms with van der Waals surface area (Å²) >= 11 is 0. The summed E-state index contributed by atoms with van der Waals surface area (Å²) in [6, 6.07) is 19.4. The summed E-state index contributed by atoms with van der Waals surface area (Å²) in [4.78, 5) is 19.9. The van der Waals surface area contributed by atoms with Gasteiger partial charge in [0, 0.05) is 12.7 Å². The monoisotopic (exact) mass is 361 g/mol. The van der Waals surface area contributed by atoms with Crippen LogP contribution in [0.5, 0.6) is 0 Å². The number of imidazole rings is 1. The molecule has 0 bridgehead atoms. The van der Waals surface area contributed by atoms with Gasteiger partial charge in [-0.15, -0.1) is 0 Å². The summed E-state index contributed by atoms with van der Waals surface area (Å²) in [6.45, 7) is 4.11. The van der Waals surface area contributed by atoms with Crippen LogP contribution in [0.4, 0.5) is 5.69 Å². The molecule has 0 spiro atoms. The number of anilines is 1. The molecular weight excluding hydrogens is 338 g/mol. The lowest BCUT2D eigenvalue weighted by atomic mass is 10.1. The molecule has 0 saturated carbocycles. The minimum atomic E-state index is -0.367. The van der Waals surface area contributed by atoms with Crippen molar-refractivity contribution >= 4 is 33.5 Å². The van der Waals surface area contributed by atoms with E-state index in [1.54, 1.807) is 12.1 Å². The lowest BCUT2D eigenvalue weighted by Crippen LogP contribution is -2.06. The van der Waals surface area contributed by atoms with Gasteiger partial charge in [-0.2, -0.15) is 0 Å². The number of hydrogen-bond acceptors (Lipinski definition) is 4. The zero-order chi connectivity index (χ0) is 19.2. The third kappa shape index (κ3) is 4.08. The van der Waals surface area contributed by atoms with Gasteiger partial charge in [0.25, 0.3) is 0 Å². The van der Waals surface area contributed by atoms with Crippen LogP contribution in [0, 0.1) is 0 Å². The molecule has 0 aliphatic rings. The van der Waals surface area contributed by atoms with E-state index in [1.807, 2.05) is 51.2 Å². The average molecular weight is 361 g/mol. The predicted octanol–water partition coefficient (Wildman–Crippen LogP) is 5.14. The first-order chi connectivity index (χ1) is 13.2. The molecule has 1 aromatic heterocycles. The highest BCUT2D eigenvalue weighted by Gasteiger charge is 2.10. The fourth-order valence-corrected chi connectivity index (χ4v) is 2.81. The van der Waals surface area contributed by atoms with Crippen LogP contribution in [-0.4, -0.2) is 23.0 Å². The number of rotatable bonds is 4. The first-order valence-corrected chi connectivity index (χ1v) is 9.05. The van der Waals surface area contributed by atoms with Gasteiger partial charge >= 0.3 is 5.97 Å². The topological polar surface area (TPSA) is 67.0 Å². The van der Waals surface area contributed by atoms with E-state index in [2.05, 4.69) is 33.5 Å². The van der Waals surface area contributed by atoms with Crippen LogP contribution in [0.25, 0.3) is 21.8 Å². The molecule has 0 aliphatic carbocycles. The predicted molar refractivity (Wildman–Crippen MR) is 110 cm³/mol. The van der Waals surface area contributed by atoms with Crippen molar-refractivity contribution in [1.29, 1.82) is 0 Å². The van der Waals surface area contributed by atoms with Gasteiger partial charge in [-0.05, 0) is 47.2 Å². The van der Waals surface area contributed by atoms with Crippen molar-refractivity contribution in [1.82, 2.24) is 9.97 Å². The van der Waals surface area contributed by atoms with Crippen molar-refractivity contribution in [3.8, 4) is 0 Å².